The van der Waals surface area contributed by atoms with Crippen LogP contribution in [0.4, 0.5) is 5.69 Å². The van der Waals surface area contributed by atoms with Crippen LogP contribution in [0.3, 0.4) is 0 Å². The lowest BCUT2D eigenvalue weighted by atomic mass is 10.2. The minimum absolute atomic E-state index is 0.0611. The van der Waals surface area contributed by atoms with Crippen LogP contribution < -0.4 is 15.6 Å². The molecule has 0 aliphatic heterocycles. The summed E-state index contributed by atoms with van der Waals surface area (Å²) in [5.74, 6) is 0.119. The Bertz CT molecular complexity index is 1450. The Morgan fingerprint density at radius 2 is 1.79 bits per heavy atom. The maximum atomic E-state index is 13.1. The van der Waals surface area contributed by atoms with E-state index in [2.05, 4.69) is 10.0 Å². The third kappa shape index (κ3) is 4.46. The van der Waals surface area contributed by atoms with E-state index in [4.69, 9.17) is 4.42 Å². The van der Waals surface area contributed by atoms with Gasteiger partial charge in [0.25, 0.3) is 21.5 Å². The van der Waals surface area contributed by atoms with Gasteiger partial charge in [-0.3, -0.25) is 19.0 Å². The molecule has 2 N–H and O–H groups in total. The highest BCUT2D eigenvalue weighted by Gasteiger charge is 2.23. The Kier molecular flexibility index (Phi) is 5.93. The average molecular weight is 467 g/mol. The first kappa shape index (κ1) is 22.2. The smallest absolute Gasteiger partial charge is 0.296 e. The predicted molar refractivity (Wildman–Crippen MR) is 123 cm³/mol. The number of carbonyl (C=O) groups is 1. The zero-order valence-corrected chi connectivity index (χ0v) is 18.8. The molecule has 2 heterocycles. The Morgan fingerprint density at radius 3 is 2.48 bits per heavy atom. The summed E-state index contributed by atoms with van der Waals surface area (Å²) in [6, 6.07) is 17.9. The minimum atomic E-state index is -4.13. The van der Waals surface area contributed by atoms with Crippen LogP contribution in [-0.4, -0.2) is 23.7 Å². The number of carbonyl (C=O) groups excluding carboxylic acids is 1. The Balaban J connectivity index is 1.61. The molecular weight excluding hydrogens is 444 g/mol. The number of benzene rings is 2. The van der Waals surface area contributed by atoms with Crippen molar-refractivity contribution in [1.29, 1.82) is 0 Å². The second kappa shape index (κ2) is 8.83. The van der Waals surface area contributed by atoms with E-state index >= 15 is 0 Å². The number of nitrogens with zero attached hydrogens (tertiary/aromatic N) is 2. The van der Waals surface area contributed by atoms with Gasteiger partial charge in [0.15, 0.2) is 0 Å². The molecule has 33 heavy (non-hydrogen) atoms. The summed E-state index contributed by atoms with van der Waals surface area (Å²) in [6.07, 6.45) is 1.50. The second-order valence-corrected chi connectivity index (χ2v) is 9.01. The first-order valence-electron chi connectivity index (χ1n) is 10.1. The Hall–Kier alpha value is -4.05. The number of amides is 1. The molecule has 1 amide bonds. The molecule has 0 bridgehead atoms. The van der Waals surface area contributed by atoms with Gasteiger partial charge in [-0.25, -0.2) is 13.1 Å². The number of furan rings is 1. The SMILES string of the molecule is Cc1c(NS(=O)(=O)c2cccc(C(=O)NCc3ccco3)c2)c(=O)n(-c2ccccc2)n1C. The molecule has 0 saturated carbocycles. The fourth-order valence-corrected chi connectivity index (χ4v) is 4.53. The zero-order valence-electron chi connectivity index (χ0n) is 18.0. The molecular formula is C23H22N4O5S. The van der Waals surface area contributed by atoms with Crippen molar-refractivity contribution in [2.24, 2.45) is 7.05 Å². The molecule has 0 radical (unpaired) electrons. The molecule has 4 rings (SSSR count). The molecule has 0 saturated heterocycles. The summed E-state index contributed by atoms with van der Waals surface area (Å²) in [5.41, 5.74) is 0.649. The van der Waals surface area contributed by atoms with Crippen LogP contribution in [0.15, 0.2) is 87.1 Å². The van der Waals surface area contributed by atoms with Crippen LogP contribution in [0.1, 0.15) is 21.8 Å². The van der Waals surface area contributed by atoms with E-state index in [1.54, 1.807) is 55.1 Å². The number of rotatable bonds is 7. The van der Waals surface area contributed by atoms with Crippen molar-refractivity contribution in [3.63, 3.8) is 0 Å². The molecule has 170 valence electrons. The van der Waals surface area contributed by atoms with Gasteiger partial charge in [-0.05, 0) is 49.4 Å². The van der Waals surface area contributed by atoms with Gasteiger partial charge >= 0.3 is 0 Å². The number of para-hydroxylation sites is 1. The molecule has 10 heteroatoms. The van der Waals surface area contributed by atoms with Gasteiger partial charge in [-0.1, -0.05) is 24.3 Å². The van der Waals surface area contributed by atoms with E-state index in [0.717, 1.165) is 0 Å². The Labute approximate surface area is 190 Å². The normalized spacial score (nSPS) is 11.3. The summed E-state index contributed by atoms with van der Waals surface area (Å²) in [7, 11) is -2.46. The lowest BCUT2D eigenvalue weighted by Gasteiger charge is -2.09. The zero-order chi connectivity index (χ0) is 23.6. The first-order valence-corrected chi connectivity index (χ1v) is 11.5. The molecule has 2 aromatic carbocycles. The minimum Gasteiger partial charge on any atom is -0.467 e. The van der Waals surface area contributed by atoms with E-state index < -0.39 is 21.5 Å². The van der Waals surface area contributed by atoms with E-state index in [1.165, 1.54) is 35.2 Å². The molecule has 0 aliphatic rings. The maximum Gasteiger partial charge on any atom is 0.296 e. The van der Waals surface area contributed by atoms with Crippen LogP contribution in [0, 0.1) is 6.92 Å². The lowest BCUT2D eigenvalue weighted by Crippen LogP contribution is -2.24. The van der Waals surface area contributed by atoms with Crippen molar-refractivity contribution in [3.05, 3.63) is 100 Å². The topological polar surface area (TPSA) is 115 Å². The summed E-state index contributed by atoms with van der Waals surface area (Å²) in [5, 5.41) is 2.67. The standard InChI is InChI=1S/C23H22N4O5S/c1-16-21(23(29)27(26(16)2)18-9-4-3-5-10-18)25-33(30,31)20-12-6-8-17(14-20)22(28)24-15-19-11-7-13-32-19/h3-14,25H,15H2,1-2H3,(H,24,28). The molecule has 0 atom stereocenters. The molecule has 0 aliphatic carbocycles. The molecule has 0 unspecified atom stereocenters. The van der Waals surface area contributed by atoms with Crippen molar-refractivity contribution in [2.75, 3.05) is 4.72 Å². The first-order chi connectivity index (χ1) is 15.8. The fraction of sp³-hybridized carbons (Fsp3) is 0.130. The van der Waals surface area contributed by atoms with Gasteiger partial charge in [-0.2, -0.15) is 0 Å². The van der Waals surface area contributed by atoms with E-state index in [0.29, 0.717) is 17.1 Å². The van der Waals surface area contributed by atoms with Gasteiger partial charge in [0.1, 0.15) is 11.4 Å². The molecule has 0 fully saturated rings. The number of hydrogen-bond donors (Lipinski definition) is 2. The second-order valence-electron chi connectivity index (χ2n) is 7.33. The van der Waals surface area contributed by atoms with Gasteiger partial charge in [-0.15, -0.1) is 0 Å². The highest BCUT2D eigenvalue weighted by molar-refractivity contribution is 7.92. The van der Waals surface area contributed by atoms with Crippen LogP contribution in [0.5, 0.6) is 0 Å². The van der Waals surface area contributed by atoms with Gasteiger partial charge in [0.05, 0.1) is 29.1 Å². The van der Waals surface area contributed by atoms with Crippen LogP contribution in [0.2, 0.25) is 0 Å². The Morgan fingerprint density at radius 1 is 1.03 bits per heavy atom. The van der Waals surface area contributed by atoms with Crippen molar-refractivity contribution in [1.82, 2.24) is 14.7 Å². The lowest BCUT2D eigenvalue weighted by molar-refractivity contribution is 0.0948. The van der Waals surface area contributed by atoms with Crippen molar-refractivity contribution in [2.45, 2.75) is 18.4 Å². The quantitative estimate of drug-likeness (QED) is 0.435. The number of anilines is 1. The third-order valence-electron chi connectivity index (χ3n) is 5.20. The predicted octanol–water partition coefficient (Wildman–Crippen LogP) is 2.81. The van der Waals surface area contributed by atoms with Crippen molar-refractivity contribution in [3.8, 4) is 5.69 Å². The summed E-state index contributed by atoms with van der Waals surface area (Å²) >= 11 is 0. The fourth-order valence-electron chi connectivity index (χ4n) is 3.37. The number of hydrogen-bond acceptors (Lipinski definition) is 5. The molecule has 2 aromatic heterocycles. The maximum absolute atomic E-state index is 13.1. The highest BCUT2D eigenvalue weighted by atomic mass is 32.2. The van der Waals surface area contributed by atoms with Crippen LogP contribution in [-0.2, 0) is 23.6 Å². The van der Waals surface area contributed by atoms with E-state index in [-0.39, 0.29) is 22.7 Å². The van der Waals surface area contributed by atoms with Crippen molar-refractivity contribution >= 4 is 21.6 Å². The molecule has 9 nitrogen and oxygen atoms in total. The summed E-state index contributed by atoms with van der Waals surface area (Å²) < 4.78 is 36.7. The summed E-state index contributed by atoms with van der Waals surface area (Å²) in [4.78, 5) is 25.4. The summed E-state index contributed by atoms with van der Waals surface area (Å²) in [6.45, 7) is 1.82. The molecule has 4 aromatic rings. The van der Waals surface area contributed by atoms with Gasteiger partial charge in [0.2, 0.25) is 0 Å². The van der Waals surface area contributed by atoms with E-state index in [9.17, 15) is 18.0 Å². The largest absolute Gasteiger partial charge is 0.467 e. The van der Waals surface area contributed by atoms with E-state index in [1.807, 2.05) is 6.07 Å². The molecule has 0 spiro atoms. The number of nitrogens with one attached hydrogen (secondary N) is 2. The van der Waals surface area contributed by atoms with Gasteiger partial charge in [0, 0.05) is 12.6 Å². The monoisotopic (exact) mass is 466 g/mol. The van der Waals surface area contributed by atoms with Crippen LogP contribution in [0.25, 0.3) is 5.69 Å². The van der Waals surface area contributed by atoms with Crippen LogP contribution >= 0.6 is 0 Å². The average Bonchev–Trinajstić information content (AvgIpc) is 3.41. The van der Waals surface area contributed by atoms with Crippen molar-refractivity contribution < 1.29 is 17.6 Å². The highest BCUT2D eigenvalue weighted by Crippen LogP contribution is 2.19. The number of sulfonamides is 1. The van der Waals surface area contributed by atoms with Gasteiger partial charge < -0.3 is 9.73 Å². The number of aromatic nitrogens is 2. The third-order valence-corrected chi connectivity index (χ3v) is 6.55.